The highest BCUT2D eigenvalue weighted by Crippen LogP contribution is 2.40. The SMILES string of the molecule is Cc1ccc(C(=O)NC2CCC2)cc1-c1nc(N2CCC(OC(=O)NC(C)(C)C)CC2)nc2c1CNC(=O)N2c1c(F)cccc1F. The molecule has 3 aromatic rings. The van der Waals surface area contributed by atoms with Crippen molar-refractivity contribution in [1.82, 2.24) is 25.9 Å². The number of carbonyl (C=O) groups is 3. The zero-order valence-electron chi connectivity index (χ0n) is 27.0. The Balaban J connectivity index is 1.40. The lowest BCUT2D eigenvalue weighted by atomic mass is 9.92. The third-order valence-corrected chi connectivity index (χ3v) is 8.64. The molecule has 248 valence electrons. The molecule has 2 fully saturated rings. The summed E-state index contributed by atoms with van der Waals surface area (Å²) in [4.78, 5) is 51.3. The summed E-state index contributed by atoms with van der Waals surface area (Å²) in [5, 5.41) is 8.58. The van der Waals surface area contributed by atoms with E-state index in [-0.39, 0.29) is 36.4 Å². The maximum absolute atomic E-state index is 15.2. The number of amides is 4. The van der Waals surface area contributed by atoms with Crippen molar-refractivity contribution in [2.24, 2.45) is 0 Å². The molecular formula is C34H39F2N7O4. The Morgan fingerprint density at radius 2 is 1.72 bits per heavy atom. The number of hydrogen-bond donors (Lipinski definition) is 3. The number of aryl methyl sites for hydroxylation is 1. The molecule has 1 aliphatic carbocycles. The molecule has 3 heterocycles. The lowest BCUT2D eigenvalue weighted by Gasteiger charge is -2.35. The van der Waals surface area contributed by atoms with Gasteiger partial charge in [-0.1, -0.05) is 12.1 Å². The summed E-state index contributed by atoms with van der Waals surface area (Å²) < 4.78 is 36.0. The average molecular weight is 648 g/mol. The number of halogens is 2. The second kappa shape index (κ2) is 12.8. The minimum absolute atomic E-state index is 0.00704. The van der Waals surface area contributed by atoms with Crippen LogP contribution in [0.15, 0.2) is 36.4 Å². The molecule has 3 aliphatic rings. The van der Waals surface area contributed by atoms with Gasteiger partial charge in [-0.25, -0.2) is 28.3 Å². The number of aromatic nitrogens is 2. The second-order valence-electron chi connectivity index (χ2n) is 13.3. The molecule has 0 radical (unpaired) electrons. The van der Waals surface area contributed by atoms with Crippen LogP contribution in [-0.4, -0.2) is 58.8 Å². The first-order valence-corrected chi connectivity index (χ1v) is 16.0. The van der Waals surface area contributed by atoms with Gasteiger partial charge in [0.2, 0.25) is 5.95 Å². The van der Waals surface area contributed by atoms with Crippen LogP contribution in [0.4, 0.5) is 35.8 Å². The number of urea groups is 1. The molecule has 47 heavy (non-hydrogen) atoms. The number of hydrogen-bond acceptors (Lipinski definition) is 7. The third-order valence-electron chi connectivity index (χ3n) is 8.64. The van der Waals surface area contributed by atoms with Crippen LogP contribution in [0.25, 0.3) is 11.3 Å². The normalized spacial score (nSPS) is 17.0. The van der Waals surface area contributed by atoms with Gasteiger partial charge >= 0.3 is 12.1 Å². The molecule has 1 saturated heterocycles. The van der Waals surface area contributed by atoms with Crippen molar-refractivity contribution in [2.75, 3.05) is 22.9 Å². The molecule has 0 atom stereocenters. The minimum atomic E-state index is -0.924. The summed E-state index contributed by atoms with van der Waals surface area (Å²) in [6, 6.07) is 8.15. The number of piperidine rings is 1. The molecule has 11 nitrogen and oxygen atoms in total. The van der Waals surface area contributed by atoms with Gasteiger partial charge < -0.3 is 25.6 Å². The maximum Gasteiger partial charge on any atom is 0.407 e. The quantitative estimate of drug-likeness (QED) is 0.305. The van der Waals surface area contributed by atoms with E-state index in [0.717, 1.165) is 41.9 Å². The Kier molecular flexibility index (Phi) is 8.73. The number of nitrogens with one attached hydrogen (secondary N) is 3. The summed E-state index contributed by atoms with van der Waals surface area (Å²) in [6.07, 6.45) is 3.14. The molecule has 6 rings (SSSR count). The van der Waals surface area contributed by atoms with Gasteiger partial charge in [-0.15, -0.1) is 0 Å². The fraction of sp³-hybridized carbons (Fsp3) is 0.441. The maximum atomic E-state index is 15.2. The van der Waals surface area contributed by atoms with E-state index >= 15 is 8.78 Å². The van der Waals surface area contributed by atoms with E-state index in [1.165, 1.54) is 6.07 Å². The van der Waals surface area contributed by atoms with Crippen LogP contribution in [0.3, 0.4) is 0 Å². The monoisotopic (exact) mass is 647 g/mol. The van der Waals surface area contributed by atoms with Crippen molar-refractivity contribution < 1.29 is 27.9 Å². The van der Waals surface area contributed by atoms with Crippen molar-refractivity contribution in [3.63, 3.8) is 0 Å². The number of ether oxygens (including phenoxy) is 1. The van der Waals surface area contributed by atoms with Gasteiger partial charge in [0.25, 0.3) is 5.91 Å². The smallest absolute Gasteiger partial charge is 0.407 e. The van der Waals surface area contributed by atoms with Crippen molar-refractivity contribution >= 4 is 35.5 Å². The number of para-hydroxylation sites is 1. The van der Waals surface area contributed by atoms with Crippen molar-refractivity contribution in [1.29, 1.82) is 0 Å². The number of fused-ring (bicyclic) bond motifs is 1. The first kappa shape index (κ1) is 32.1. The standard InChI is InChI=1S/C34H39F2N7O4/c1-19-11-12-20(30(44)38-21-7-5-8-21)17-23(19)27-24-18-37-32(45)43(28-25(35)9-6-10-26(28)36)29(24)40-31(39-27)42-15-13-22(14-16-42)47-33(46)41-34(2,3)4/h6,9-12,17,21-22H,5,7-8,13-16,18H2,1-4H3,(H,37,45)(H,38,44)(H,41,46). The van der Waals surface area contributed by atoms with E-state index in [2.05, 4.69) is 16.0 Å². The van der Waals surface area contributed by atoms with Gasteiger partial charge in [0.1, 0.15) is 23.4 Å². The molecule has 0 spiro atoms. The Morgan fingerprint density at radius 1 is 1.02 bits per heavy atom. The van der Waals surface area contributed by atoms with Gasteiger partial charge in [0.05, 0.1) is 12.2 Å². The van der Waals surface area contributed by atoms with Crippen LogP contribution >= 0.6 is 0 Å². The number of rotatable bonds is 6. The van der Waals surface area contributed by atoms with E-state index in [0.29, 0.717) is 48.3 Å². The molecule has 1 saturated carbocycles. The fourth-order valence-electron chi connectivity index (χ4n) is 5.92. The molecule has 1 aromatic heterocycles. The predicted molar refractivity (Wildman–Crippen MR) is 173 cm³/mol. The lowest BCUT2D eigenvalue weighted by molar-refractivity contribution is 0.0775. The van der Waals surface area contributed by atoms with E-state index in [1.54, 1.807) is 12.1 Å². The van der Waals surface area contributed by atoms with Crippen LogP contribution in [-0.2, 0) is 11.3 Å². The summed E-state index contributed by atoms with van der Waals surface area (Å²) in [7, 11) is 0. The van der Waals surface area contributed by atoms with Crippen molar-refractivity contribution in [2.45, 2.75) is 84.0 Å². The zero-order valence-corrected chi connectivity index (χ0v) is 27.0. The summed E-state index contributed by atoms with van der Waals surface area (Å²) in [5.74, 6) is -1.75. The number of carbonyl (C=O) groups excluding carboxylic acids is 3. The number of anilines is 3. The Morgan fingerprint density at radius 3 is 2.36 bits per heavy atom. The highest BCUT2D eigenvalue weighted by atomic mass is 19.1. The number of nitrogens with zero attached hydrogens (tertiary/aromatic N) is 4. The number of alkyl carbamates (subject to hydrolysis) is 1. The van der Waals surface area contributed by atoms with E-state index in [1.807, 2.05) is 38.7 Å². The largest absolute Gasteiger partial charge is 0.446 e. The van der Waals surface area contributed by atoms with Crippen LogP contribution < -0.4 is 25.8 Å². The summed E-state index contributed by atoms with van der Waals surface area (Å²) in [5.41, 5.74) is 1.80. The highest BCUT2D eigenvalue weighted by Gasteiger charge is 2.36. The second-order valence-corrected chi connectivity index (χ2v) is 13.3. The van der Waals surface area contributed by atoms with E-state index in [9.17, 15) is 14.4 Å². The zero-order chi connectivity index (χ0) is 33.5. The number of benzene rings is 2. The van der Waals surface area contributed by atoms with Gasteiger partial charge in [-0.3, -0.25) is 4.79 Å². The van der Waals surface area contributed by atoms with Gasteiger partial charge in [-0.05, 0) is 76.8 Å². The molecule has 0 unspecified atom stereocenters. The Hall–Kier alpha value is -4.81. The topological polar surface area (TPSA) is 129 Å². The first-order chi connectivity index (χ1) is 22.4. The molecule has 3 N–H and O–H groups in total. The molecule has 2 aromatic carbocycles. The van der Waals surface area contributed by atoms with Gasteiger partial charge in [-0.2, -0.15) is 4.98 Å². The van der Waals surface area contributed by atoms with Gasteiger partial charge in [0, 0.05) is 54.2 Å². The lowest BCUT2D eigenvalue weighted by Crippen LogP contribution is -2.45. The Labute approximate surface area is 272 Å². The fourth-order valence-corrected chi connectivity index (χ4v) is 5.92. The summed E-state index contributed by atoms with van der Waals surface area (Å²) >= 11 is 0. The molecule has 4 amide bonds. The van der Waals surface area contributed by atoms with Crippen LogP contribution in [0.5, 0.6) is 0 Å². The predicted octanol–water partition coefficient (Wildman–Crippen LogP) is 5.87. The third kappa shape index (κ3) is 6.84. The van der Waals surface area contributed by atoms with Crippen LogP contribution in [0, 0.1) is 18.6 Å². The van der Waals surface area contributed by atoms with E-state index in [4.69, 9.17) is 14.7 Å². The van der Waals surface area contributed by atoms with Gasteiger partial charge in [0.15, 0.2) is 5.82 Å². The molecule has 0 bridgehead atoms. The van der Waals surface area contributed by atoms with Crippen molar-refractivity contribution in [3.05, 3.63) is 64.7 Å². The molecular weight excluding hydrogens is 608 g/mol. The van der Waals surface area contributed by atoms with Crippen LogP contribution in [0.2, 0.25) is 0 Å². The summed E-state index contributed by atoms with van der Waals surface area (Å²) in [6.45, 7) is 8.36. The minimum Gasteiger partial charge on any atom is -0.446 e. The molecule has 2 aliphatic heterocycles. The first-order valence-electron chi connectivity index (χ1n) is 16.0. The van der Waals surface area contributed by atoms with E-state index < -0.39 is 35.0 Å². The molecule has 13 heteroatoms. The van der Waals surface area contributed by atoms with Crippen LogP contribution in [0.1, 0.15) is 74.4 Å². The average Bonchev–Trinajstić information content (AvgIpc) is 2.99. The Bertz CT molecular complexity index is 1690. The highest BCUT2D eigenvalue weighted by molar-refractivity contribution is 6.02. The van der Waals surface area contributed by atoms with Crippen molar-refractivity contribution in [3.8, 4) is 11.3 Å².